The summed E-state index contributed by atoms with van der Waals surface area (Å²) in [6, 6.07) is 2.39. The zero-order valence-corrected chi connectivity index (χ0v) is 11.9. The molecule has 0 radical (unpaired) electrons. The van der Waals surface area contributed by atoms with Gasteiger partial charge >= 0.3 is 0 Å². The summed E-state index contributed by atoms with van der Waals surface area (Å²) in [5.74, 6) is 0.658. The van der Waals surface area contributed by atoms with Gasteiger partial charge in [0.25, 0.3) is 0 Å². The third-order valence-electron chi connectivity index (χ3n) is 4.75. The minimum atomic E-state index is -0.567. The smallest absolute Gasteiger partial charge is 0.221 e. The number of nitrogens with zero attached hydrogens (tertiary/aromatic N) is 1. The number of amides is 1. The highest BCUT2D eigenvalue weighted by molar-refractivity contribution is 5.77. The Hall–Kier alpha value is -1.04. The fourth-order valence-electron chi connectivity index (χ4n) is 3.57. The van der Waals surface area contributed by atoms with Gasteiger partial charge in [0.1, 0.15) is 5.54 Å². The molecular weight excluding hydrogens is 236 g/mol. The van der Waals surface area contributed by atoms with E-state index < -0.39 is 5.54 Å². The van der Waals surface area contributed by atoms with Gasteiger partial charge in [0.2, 0.25) is 5.91 Å². The van der Waals surface area contributed by atoms with Crippen LogP contribution in [0, 0.1) is 17.2 Å². The maximum atomic E-state index is 12.2. The van der Waals surface area contributed by atoms with Crippen molar-refractivity contribution in [2.24, 2.45) is 5.92 Å². The van der Waals surface area contributed by atoms with Crippen molar-refractivity contribution in [3.05, 3.63) is 0 Å². The average Bonchev–Trinajstić information content (AvgIpc) is 2.66. The molecular formula is C16H26N2O. The SMILES string of the molecule is N#CC1(NC(=O)CC2CCCCC2)CCCCCC1. The molecule has 0 aromatic carbocycles. The molecule has 0 heterocycles. The molecule has 2 fully saturated rings. The molecule has 1 N–H and O–H groups in total. The van der Waals surface area contributed by atoms with Gasteiger partial charge < -0.3 is 5.32 Å². The summed E-state index contributed by atoms with van der Waals surface area (Å²) in [5.41, 5.74) is -0.567. The van der Waals surface area contributed by atoms with Crippen LogP contribution in [0.1, 0.15) is 77.0 Å². The quantitative estimate of drug-likeness (QED) is 0.789. The molecule has 1 amide bonds. The van der Waals surface area contributed by atoms with Gasteiger partial charge in [-0.2, -0.15) is 5.26 Å². The minimum Gasteiger partial charge on any atom is -0.338 e. The number of rotatable bonds is 3. The van der Waals surface area contributed by atoms with Crippen molar-refractivity contribution in [1.29, 1.82) is 5.26 Å². The summed E-state index contributed by atoms with van der Waals surface area (Å²) in [6.45, 7) is 0. The Morgan fingerprint density at radius 1 is 1.05 bits per heavy atom. The second kappa shape index (κ2) is 6.93. The van der Waals surface area contributed by atoms with Crippen molar-refractivity contribution in [1.82, 2.24) is 5.32 Å². The molecule has 2 aliphatic carbocycles. The van der Waals surface area contributed by atoms with E-state index in [-0.39, 0.29) is 5.91 Å². The van der Waals surface area contributed by atoms with E-state index in [1.54, 1.807) is 0 Å². The first-order valence-corrected chi connectivity index (χ1v) is 7.96. The topological polar surface area (TPSA) is 52.9 Å². The van der Waals surface area contributed by atoms with Crippen LogP contribution in [-0.2, 0) is 4.79 Å². The average molecular weight is 262 g/mol. The summed E-state index contributed by atoms with van der Waals surface area (Å²) in [6.07, 6.45) is 13.0. The van der Waals surface area contributed by atoms with Gasteiger partial charge in [-0.15, -0.1) is 0 Å². The van der Waals surface area contributed by atoms with E-state index in [1.165, 1.54) is 44.9 Å². The maximum absolute atomic E-state index is 12.2. The number of hydrogen-bond acceptors (Lipinski definition) is 2. The molecule has 0 aromatic heterocycles. The number of carbonyl (C=O) groups excluding carboxylic acids is 1. The Morgan fingerprint density at radius 3 is 2.21 bits per heavy atom. The van der Waals surface area contributed by atoms with Crippen LogP contribution >= 0.6 is 0 Å². The summed E-state index contributed by atoms with van der Waals surface area (Å²) >= 11 is 0. The fraction of sp³-hybridized carbons (Fsp3) is 0.875. The minimum absolute atomic E-state index is 0.107. The van der Waals surface area contributed by atoms with Gasteiger partial charge in [-0.3, -0.25) is 4.79 Å². The highest BCUT2D eigenvalue weighted by atomic mass is 16.1. The molecule has 19 heavy (non-hydrogen) atoms. The molecule has 0 bridgehead atoms. The Labute approximate surface area is 116 Å². The van der Waals surface area contributed by atoms with Gasteiger partial charge in [0, 0.05) is 6.42 Å². The molecule has 0 aliphatic heterocycles. The lowest BCUT2D eigenvalue weighted by molar-refractivity contribution is -0.123. The molecule has 0 aromatic rings. The molecule has 0 atom stereocenters. The lowest BCUT2D eigenvalue weighted by Gasteiger charge is -2.28. The van der Waals surface area contributed by atoms with E-state index in [0.29, 0.717) is 12.3 Å². The summed E-state index contributed by atoms with van der Waals surface area (Å²) < 4.78 is 0. The highest BCUT2D eigenvalue weighted by Crippen LogP contribution is 2.29. The third kappa shape index (κ3) is 4.23. The summed E-state index contributed by atoms with van der Waals surface area (Å²) in [7, 11) is 0. The predicted octanol–water partition coefficient (Wildman–Crippen LogP) is 3.69. The fourth-order valence-corrected chi connectivity index (χ4v) is 3.57. The Bertz CT molecular complexity index is 331. The first-order valence-electron chi connectivity index (χ1n) is 7.96. The van der Waals surface area contributed by atoms with E-state index in [0.717, 1.165) is 25.7 Å². The van der Waals surface area contributed by atoms with Crippen molar-refractivity contribution in [2.75, 3.05) is 0 Å². The van der Waals surface area contributed by atoms with Crippen LogP contribution in [0.5, 0.6) is 0 Å². The van der Waals surface area contributed by atoms with Crippen LogP contribution in [0.2, 0.25) is 0 Å². The van der Waals surface area contributed by atoms with Gasteiger partial charge in [0.15, 0.2) is 0 Å². The van der Waals surface area contributed by atoms with E-state index >= 15 is 0 Å². The Morgan fingerprint density at radius 2 is 1.63 bits per heavy atom. The second-order valence-corrected chi connectivity index (χ2v) is 6.36. The van der Waals surface area contributed by atoms with Crippen LogP contribution in [0.25, 0.3) is 0 Å². The molecule has 106 valence electrons. The lowest BCUT2D eigenvalue weighted by atomic mass is 9.86. The molecule has 0 saturated heterocycles. The summed E-state index contributed by atoms with van der Waals surface area (Å²) in [4.78, 5) is 12.2. The van der Waals surface area contributed by atoms with Gasteiger partial charge in [-0.05, 0) is 31.6 Å². The van der Waals surface area contributed by atoms with Crippen LogP contribution in [0.3, 0.4) is 0 Å². The van der Waals surface area contributed by atoms with Crippen molar-refractivity contribution in [3.8, 4) is 6.07 Å². The number of nitrogens with one attached hydrogen (secondary N) is 1. The zero-order valence-electron chi connectivity index (χ0n) is 11.9. The largest absolute Gasteiger partial charge is 0.338 e. The molecule has 2 rings (SSSR count). The molecule has 2 aliphatic rings. The van der Waals surface area contributed by atoms with Crippen LogP contribution in [0.15, 0.2) is 0 Å². The monoisotopic (exact) mass is 262 g/mol. The van der Waals surface area contributed by atoms with Gasteiger partial charge in [0.05, 0.1) is 6.07 Å². The number of hydrogen-bond donors (Lipinski definition) is 1. The number of carbonyl (C=O) groups is 1. The normalized spacial score (nSPS) is 24.2. The van der Waals surface area contributed by atoms with Gasteiger partial charge in [-0.25, -0.2) is 0 Å². The highest BCUT2D eigenvalue weighted by Gasteiger charge is 2.33. The molecule has 3 heteroatoms. The molecule has 0 spiro atoms. The number of nitriles is 1. The van der Waals surface area contributed by atoms with E-state index in [9.17, 15) is 10.1 Å². The maximum Gasteiger partial charge on any atom is 0.221 e. The van der Waals surface area contributed by atoms with Crippen LogP contribution in [0.4, 0.5) is 0 Å². The Balaban J connectivity index is 1.86. The lowest BCUT2D eigenvalue weighted by Crippen LogP contribution is -2.47. The standard InChI is InChI=1S/C16H26N2O/c17-13-16(10-6-1-2-7-11-16)18-15(19)12-14-8-4-3-5-9-14/h14H,1-12H2,(H,18,19). The van der Waals surface area contributed by atoms with E-state index in [2.05, 4.69) is 11.4 Å². The van der Waals surface area contributed by atoms with Crippen molar-refractivity contribution >= 4 is 5.91 Å². The van der Waals surface area contributed by atoms with E-state index in [4.69, 9.17) is 0 Å². The first kappa shape index (κ1) is 14.4. The second-order valence-electron chi connectivity index (χ2n) is 6.36. The molecule has 0 unspecified atom stereocenters. The third-order valence-corrected chi connectivity index (χ3v) is 4.75. The Kier molecular flexibility index (Phi) is 5.24. The first-order chi connectivity index (χ1) is 9.24. The van der Waals surface area contributed by atoms with Crippen molar-refractivity contribution in [3.63, 3.8) is 0 Å². The van der Waals surface area contributed by atoms with Gasteiger partial charge in [-0.1, -0.05) is 44.9 Å². The van der Waals surface area contributed by atoms with Crippen molar-refractivity contribution < 1.29 is 4.79 Å². The molecule has 2 saturated carbocycles. The zero-order chi connectivity index (χ0) is 13.6. The summed E-state index contributed by atoms with van der Waals surface area (Å²) in [5, 5.41) is 12.5. The van der Waals surface area contributed by atoms with Crippen molar-refractivity contribution in [2.45, 2.75) is 82.6 Å². The van der Waals surface area contributed by atoms with Crippen LogP contribution in [-0.4, -0.2) is 11.4 Å². The molecule has 3 nitrogen and oxygen atoms in total. The van der Waals surface area contributed by atoms with Crippen LogP contribution < -0.4 is 5.32 Å². The predicted molar refractivity (Wildman–Crippen MR) is 75.4 cm³/mol. The van der Waals surface area contributed by atoms with E-state index in [1.807, 2.05) is 0 Å².